The molecule has 12 heteroatoms. The van der Waals surface area contributed by atoms with Crippen molar-refractivity contribution < 1.29 is 30.4 Å². The summed E-state index contributed by atoms with van der Waals surface area (Å²) in [5, 5.41) is 0. The van der Waals surface area contributed by atoms with E-state index < -0.39 is 32.0 Å². The Kier molecular flexibility index (Phi) is 9.81. The van der Waals surface area contributed by atoms with Gasteiger partial charge in [0.25, 0.3) is 4.32 Å². The van der Waals surface area contributed by atoms with Crippen molar-refractivity contribution in [2.45, 2.75) is 31.3 Å². The maximum atomic E-state index is 13.7. The van der Waals surface area contributed by atoms with E-state index in [4.69, 9.17) is 9.05 Å². The lowest BCUT2D eigenvalue weighted by Gasteiger charge is -2.31. The van der Waals surface area contributed by atoms with Crippen molar-refractivity contribution in [3.8, 4) is 0 Å². The molecule has 0 saturated heterocycles. The third-order valence-corrected chi connectivity index (χ3v) is 14.1. The molecule has 0 unspecified atom stereocenters. The Bertz CT molecular complexity index is 1060. The Labute approximate surface area is 197 Å². The molecule has 0 saturated carbocycles. The van der Waals surface area contributed by atoms with Crippen LogP contribution in [0.25, 0.3) is 0 Å². The predicted molar refractivity (Wildman–Crippen MR) is 128 cm³/mol. The molecule has 0 atom stereocenters. The minimum atomic E-state index is -4.71. The minimum Gasteiger partial charge on any atom is -0.307 e. The molecule has 0 N–H and O–H groups in total. The molecule has 0 heterocycles. The number of hydrogen-bond acceptors (Lipinski definition) is 7. The SMILES string of the molecule is CCOP(=O)(OCC)C(S(=O)(=O)N(C)Cc1ccccc1)S(=O)(=O)N(C)Cc1ccccc1. The number of rotatable bonds is 13. The lowest BCUT2D eigenvalue weighted by atomic mass is 10.2. The highest BCUT2D eigenvalue weighted by molar-refractivity contribution is 8.14. The Balaban J connectivity index is 2.55. The first-order chi connectivity index (χ1) is 15.5. The van der Waals surface area contributed by atoms with Gasteiger partial charge in [0.1, 0.15) is 0 Å². The van der Waals surface area contributed by atoms with Gasteiger partial charge in [0, 0.05) is 27.2 Å². The summed E-state index contributed by atoms with van der Waals surface area (Å²) in [5.41, 5.74) is 1.28. The van der Waals surface area contributed by atoms with Crippen molar-refractivity contribution in [3.05, 3.63) is 71.8 Å². The molecule has 9 nitrogen and oxygen atoms in total. The van der Waals surface area contributed by atoms with E-state index in [1.54, 1.807) is 60.7 Å². The van der Waals surface area contributed by atoms with E-state index in [0.717, 1.165) is 8.61 Å². The van der Waals surface area contributed by atoms with Gasteiger partial charge < -0.3 is 9.05 Å². The summed E-state index contributed by atoms with van der Waals surface area (Å²) in [7, 11) is -11.6. The Hall–Kier alpha value is -1.59. The normalized spacial score (nSPS) is 13.2. The molecular formula is C21H31N2O7PS2. The zero-order valence-electron chi connectivity index (χ0n) is 19.2. The fourth-order valence-electron chi connectivity index (χ4n) is 3.17. The van der Waals surface area contributed by atoms with Crippen LogP contribution in [-0.4, -0.2) is 57.1 Å². The molecule has 0 fully saturated rings. The van der Waals surface area contributed by atoms with Gasteiger partial charge in [-0.25, -0.2) is 16.8 Å². The van der Waals surface area contributed by atoms with Crippen LogP contribution in [0.2, 0.25) is 0 Å². The van der Waals surface area contributed by atoms with Gasteiger partial charge in [0.05, 0.1) is 13.2 Å². The van der Waals surface area contributed by atoms with Crippen molar-refractivity contribution in [3.63, 3.8) is 0 Å². The smallest absolute Gasteiger partial charge is 0.307 e. The van der Waals surface area contributed by atoms with Crippen molar-refractivity contribution in [2.24, 2.45) is 0 Å². The van der Waals surface area contributed by atoms with Gasteiger partial charge in [-0.3, -0.25) is 4.57 Å². The summed E-state index contributed by atoms with van der Waals surface area (Å²) in [5.74, 6) is 0. The first-order valence-corrected chi connectivity index (χ1v) is 15.0. The average molecular weight is 519 g/mol. The van der Waals surface area contributed by atoms with Crippen LogP contribution in [-0.2, 0) is 46.7 Å². The van der Waals surface area contributed by atoms with Crippen LogP contribution in [0.1, 0.15) is 25.0 Å². The van der Waals surface area contributed by atoms with E-state index in [2.05, 4.69) is 0 Å². The van der Waals surface area contributed by atoms with Gasteiger partial charge in [-0.15, -0.1) is 0 Å². The number of sulfonamides is 2. The zero-order valence-corrected chi connectivity index (χ0v) is 21.7. The van der Waals surface area contributed by atoms with E-state index in [0.29, 0.717) is 11.1 Å². The summed E-state index contributed by atoms with van der Waals surface area (Å²) >= 11 is 0. The molecular weight excluding hydrogens is 487 g/mol. The summed E-state index contributed by atoms with van der Waals surface area (Å²) < 4.78 is 77.9. The third kappa shape index (κ3) is 6.73. The Morgan fingerprint density at radius 2 is 1.06 bits per heavy atom. The van der Waals surface area contributed by atoms with Gasteiger partial charge >= 0.3 is 7.60 Å². The molecule has 0 bridgehead atoms. The van der Waals surface area contributed by atoms with Crippen LogP contribution in [0.4, 0.5) is 0 Å². The van der Waals surface area contributed by atoms with E-state index in [9.17, 15) is 21.4 Å². The fourth-order valence-corrected chi connectivity index (χ4v) is 11.9. The van der Waals surface area contributed by atoms with E-state index in [1.165, 1.54) is 27.9 Å². The molecule has 2 rings (SSSR count). The Morgan fingerprint density at radius 3 is 1.36 bits per heavy atom. The van der Waals surface area contributed by atoms with Crippen molar-refractivity contribution in [2.75, 3.05) is 27.3 Å². The summed E-state index contributed by atoms with van der Waals surface area (Å²) in [6.07, 6.45) is 0. The van der Waals surface area contributed by atoms with Crippen LogP contribution >= 0.6 is 7.60 Å². The molecule has 0 aliphatic carbocycles. The van der Waals surface area contributed by atoms with Crippen molar-refractivity contribution in [1.29, 1.82) is 0 Å². The van der Waals surface area contributed by atoms with Gasteiger partial charge in [0.15, 0.2) is 0 Å². The molecule has 0 aromatic heterocycles. The second-order valence-corrected chi connectivity index (χ2v) is 14.6. The molecule has 2 aromatic carbocycles. The summed E-state index contributed by atoms with van der Waals surface area (Å²) in [4.78, 5) is 0. The highest BCUT2D eigenvalue weighted by Crippen LogP contribution is 2.58. The zero-order chi connectivity index (χ0) is 24.7. The maximum Gasteiger partial charge on any atom is 0.367 e. The second-order valence-electron chi connectivity index (χ2n) is 7.26. The quantitative estimate of drug-likeness (QED) is 0.374. The molecule has 2 aromatic rings. The number of hydrogen-bond donors (Lipinski definition) is 0. The summed E-state index contributed by atoms with van der Waals surface area (Å²) in [6.45, 7) is 2.37. The van der Waals surface area contributed by atoms with Crippen LogP contribution in [0, 0.1) is 0 Å². The van der Waals surface area contributed by atoms with E-state index in [-0.39, 0.29) is 26.3 Å². The average Bonchev–Trinajstić information content (AvgIpc) is 2.75. The van der Waals surface area contributed by atoms with E-state index in [1.807, 2.05) is 0 Å². The lowest BCUT2D eigenvalue weighted by molar-refractivity contribution is 0.220. The fraction of sp³-hybridized carbons (Fsp3) is 0.429. The molecule has 33 heavy (non-hydrogen) atoms. The van der Waals surface area contributed by atoms with Crippen LogP contribution in [0.5, 0.6) is 0 Å². The number of nitrogens with zero attached hydrogens (tertiary/aromatic N) is 2. The van der Waals surface area contributed by atoms with Crippen LogP contribution in [0.15, 0.2) is 60.7 Å². The van der Waals surface area contributed by atoms with Gasteiger partial charge in [-0.1, -0.05) is 60.7 Å². The maximum absolute atomic E-state index is 13.7. The monoisotopic (exact) mass is 518 g/mol. The van der Waals surface area contributed by atoms with Crippen molar-refractivity contribution >= 4 is 27.6 Å². The topological polar surface area (TPSA) is 110 Å². The van der Waals surface area contributed by atoms with Gasteiger partial charge in [0.2, 0.25) is 20.0 Å². The largest absolute Gasteiger partial charge is 0.367 e. The van der Waals surface area contributed by atoms with E-state index >= 15 is 0 Å². The standard InChI is InChI=1S/C21H31N2O7PS2/c1-5-29-31(24,30-6-2)21(32(25,26)22(3)17-19-13-9-7-10-14-19)33(27,28)23(4)18-20-15-11-8-12-16-20/h7-16,21H,5-6,17-18H2,1-4H3. The molecule has 0 aliphatic rings. The highest BCUT2D eigenvalue weighted by Gasteiger charge is 2.57. The molecule has 0 amide bonds. The molecule has 184 valence electrons. The second kappa shape index (κ2) is 11.7. The first-order valence-electron chi connectivity index (χ1n) is 10.4. The molecule has 0 aliphatic heterocycles. The summed E-state index contributed by atoms with van der Waals surface area (Å²) in [6, 6.07) is 17.4. The van der Waals surface area contributed by atoms with Gasteiger partial charge in [-0.05, 0) is 25.0 Å². The molecule has 0 spiro atoms. The highest BCUT2D eigenvalue weighted by atomic mass is 32.3. The minimum absolute atomic E-state index is 0.115. The van der Waals surface area contributed by atoms with Gasteiger partial charge in [-0.2, -0.15) is 8.61 Å². The lowest BCUT2D eigenvalue weighted by Crippen LogP contribution is -2.46. The number of benzene rings is 2. The van der Waals surface area contributed by atoms with Crippen molar-refractivity contribution in [1.82, 2.24) is 8.61 Å². The predicted octanol–water partition coefficient (Wildman–Crippen LogP) is 3.46. The first kappa shape index (κ1) is 27.7. The third-order valence-electron chi connectivity index (χ3n) is 4.75. The Morgan fingerprint density at radius 1 is 0.727 bits per heavy atom. The van der Waals surface area contributed by atoms with Crippen LogP contribution < -0.4 is 0 Å². The van der Waals surface area contributed by atoms with Crippen LogP contribution in [0.3, 0.4) is 0 Å². The molecule has 0 radical (unpaired) electrons.